The molecule has 0 aliphatic carbocycles. The molecule has 1 aromatic rings. The van der Waals surface area contributed by atoms with Gasteiger partial charge in [-0.05, 0) is 12.1 Å². The fourth-order valence-corrected chi connectivity index (χ4v) is 1.40. The highest BCUT2D eigenvalue weighted by Gasteiger charge is 2.16. The van der Waals surface area contributed by atoms with Gasteiger partial charge < -0.3 is 10.4 Å². The minimum Gasteiger partial charge on any atom is -0.396 e. The minimum absolute atomic E-state index is 0.123. The lowest BCUT2D eigenvalue weighted by molar-refractivity contribution is 0.171. The molecule has 0 fully saturated rings. The van der Waals surface area contributed by atoms with Crippen molar-refractivity contribution in [2.75, 3.05) is 18.5 Å². The van der Waals surface area contributed by atoms with E-state index in [1.54, 1.807) is 6.07 Å². The van der Waals surface area contributed by atoms with E-state index in [1.807, 2.05) is 26.0 Å². The first-order chi connectivity index (χ1) is 6.96. The molecule has 0 aliphatic heterocycles. The molecule has 0 unspecified atom stereocenters. The van der Waals surface area contributed by atoms with Crippen LogP contribution in [0.3, 0.4) is 0 Å². The van der Waals surface area contributed by atoms with E-state index in [4.69, 9.17) is 28.3 Å². The first-order valence-electron chi connectivity index (χ1n) is 4.75. The molecule has 0 atom stereocenters. The predicted octanol–water partition coefficient (Wildman–Crippen LogP) is 3.42. The van der Waals surface area contributed by atoms with Gasteiger partial charge in [0.2, 0.25) is 0 Å². The molecular formula is C11H15Cl2NO. The number of halogens is 2. The number of aliphatic hydroxyl groups is 1. The van der Waals surface area contributed by atoms with Crippen LogP contribution in [0.1, 0.15) is 13.8 Å². The van der Waals surface area contributed by atoms with E-state index in [0.717, 1.165) is 5.69 Å². The predicted molar refractivity (Wildman–Crippen MR) is 65.8 cm³/mol. The Morgan fingerprint density at radius 2 is 2.00 bits per heavy atom. The quantitative estimate of drug-likeness (QED) is 0.855. The average Bonchev–Trinajstić information content (AvgIpc) is 2.20. The van der Waals surface area contributed by atoms with Gasteiger partial charge in [-0.1, -0.05) is 43.1 Å². The van der Waals surface area contributed by atoms with Crippen LogP contribution in [0.2, 0.25) is 10.0 Å². The first kappa shape index (κ1) is 12.6. The van der Waals surface area contributed by atoms with Gasteiger partial charge in [-0.3, -0.25) is 0 Å². The Morgan fingerprint density at radius 3 is 2.60 bits per heavy atom. The number of rotatable bonds is 4. The molecule has 2 nitrogen and oxygen atoms in total. The van der Waals surface area contributed by atoms with E-state index in [-0.39, 0.29) is 12.0 Å². The van der Waals surface area contributed by atoms with Crippen LogP contribution in [0.5, 0.6) is 0 Å². The molecule has 15 heavy (non-hydrogen) atoms. The highest BCUT2D eigenvalue weighted by Crippen LogP contribution is 2.30. The first-order valence-corrected chi connectivity index (χ1v) is 5.50. The lowest BCUT2D eigenvalue weighted by Crippen LogP contribution is -2.26. The standard InChI is InChI=1S/C11H15Cl2NO/c1-11(2,7-15)6-14-9-5-3-4-8(12)10(9)13/h3-5,14-15H,6-7H2,1-2H3. The third kappa shape index (κ3) is 3.56. The summed E-state index contributed by atoms with van der Waals surface area (Å²) in [7, 11) is 0. The molecule has 0 aliphatic rings. The van der Waals surface area contributed by atoms with E-state index in [9.17, 15) is 0 Å². The van der Waals surface area contributed by atoms with Crippen molar-refractivity contribution in [3.8, 4) is 0 Å². The van der Waals surface area contributed by atoms with E-state index < -0.39 is 0 Å². The van der Waals surface area contributed by atoms with Gasteiger partial charge in [0.15, 0.2) is 0 Å². The van der Waals surface area contributed by atoms with Crippen molar-refractivity contribution in [2.45, 2.75) is 13.8 Å². The molecule has 1 rings (SSSR count). The molecule has 0 bridgehead atoms. The van der Waals surface area contributed by atoms with E-state index >= 15 is 0 Å². The summed E-state index contributed by atoms with van der Waals surface area (Å²) >= 11 is 11.9. The van der Waals surface area contributed by atoms with Crippen molar-refractivity contribution in [1.29, 1.82) is 0 Å². The maximum atomic E-state index is 9.10. The molecular weight excluding hydrogens is 233 g/mol. The Labute approximate surface area is 100 Å². The van der Waals surface area contributed by atoms with Crippen LogP contribution in [-0.2, 0) is 0 Å². The Hall–Kier alpha value is -0.440. The fourth-order valence-electron chi connectivity index (χ4n) is 1.03. The average molecular weight is 248 g/mol. The Kier molecular flexibility index (Phi) is 4.26. The van der Waals surface area contributed by atoms with Gasteiger partial charge >= 0.3 is 0 Å². The second-order valence-corrected chi connectivity index (χ2v) is 5.06. The normalized spacial score (nSPS) is 11.5. The highest BCUT2D eigenvalue weighted by atomic mass is 35.5. The molecule has 0 aromatic heterocycles. The van der Waals surface area contributed by atoms with Gasteiger partial charge in [0, 0.05) is 18.6 Å². The monoisotopic (exact) mass is 247 g/mol. The van der Waals surface area contributed by atoms with Crippen molar-refractivity contribution in [3.63, 3.8) is 0 Å². The summed E-state index contributed by atoms with van der Waals surface area (Å²) in [6, 6.07) is 5.44. The van der Waals surface area contributed by atoms with Crippen molar-refractivity contribution < 1.29 is 5.11 Å². The van der Waals surface area contributed by atoms with E-state index in [1.165, 1.54) is 0 Å². The van der Waals surface area contributed by atoms with Crippen LogP contribution in [0.4, 0.5) is 5.69 Å². The van der Waals surface area contributed by atoms with Gasteiger partial charge in [0.1, 0.15) is 0 Å². The molecule has 84 valence electrons. The number of hydrogen-bond acceptors (Lipinski definition) is 2. The summed E-state index contributed by atoms with van der Waals surface area (Å²) in [6.45, 7) is 4.71. The summed E-state index contributed by atoms with van der Waals surface area (Å²) < 4.78 is 0. The molecule has 0 amide bonds. The van der Waals surface area contributed by atoms with Crippen LogP contribution in [0, 0.1) is 5.41 Å². The molecule has 0 saturated carbocycles. The Bertz CT molecular complexity index is 339. The van der Waals surface area contributed by atoms with Gasteiger partial charge in [0.05, 0.1) is 15.7 Å². The van der Waals surface area contributed by atoms with Gasteiger partial charge in [-0.2, -0.15) is 0 Å². The molecule has 4 heteroatoms. The molecule has 0 heterocycles. The van der Waals surface area contributed by atoms with Crippen molar-refractivity contribution in [3.05, 3.63) is 28.2 Å². The third-order valence-corrected chi connectivity index (χ3v) is 2.96. The summed E-state index contributed by atoms with van der Waals surface area (Å²) in [6.07, 6.45) is 0. The third-order valence-electron chi connectivity index (χ3n) is 2.14. The van der Waals surface area contributed by atoms with Crippen molar-refractivity contribution in [2.24, 2.45) is 5.41 Å². The molecule has 1 aromatic carbocycles. The Morgan fingerprint density at radius 1 is 1.33 bits per heavy atom. The second kappa shape index (κ2) is 5.06. The topological polar surface area (TPSA) is 32.3 Å². The largest absolute Gasteiger partial charge is 0.396 e. The van der Waals surface area contributed by atoms with E-state index in [0.29, 0.717) is 16.6 Å². The molecule has 0 saturated heterocycles. The second-order valence-electron chi connectivity index (χ2n) is 4.28. The van der Waals surface area contributed by atoms with Crippen molar-refractivity contribution >= 4 is 28.9 Å². The summed E-state index contributed by atoms with van der Waals surface area (Å²) in [4.78, 5) is 0. The summed E-state index contributed by atoms with van der Waals surface area (Å²) in [5.41, 5.74) is 0.622. The lowest BCUT2D eigenvalue weighted by atomic mass is 9.95. The van der Waals surface area contributed by atoms with Gasteiger partial charge in [0.25, 0.3) is 0 Å². The minimum atomic E-state index is -0.175. The van der Waals surface area contributed by atoms with Crippen LogP contribution in [0.25, 0.3) is 0 Å². The van der Waals surface area contributed by atoms with Crippen molar-refractivity contribution in [1.82, 2.24) is 0 Å². The van der Waals surface area contributed by atoms with Gasteiger partial charge in [-0.25, -0.2) is 0 Å². The zero-order valence-corrected chi connectivity index (χ0v) is 10.4. The maximum Gasteiger partial charge on any atom is 0.0823 e. The molecule has 0 spiro atoms. The van der Waals surface area contributed by atoms with Gasteiger partial charge in [-0.15, -0.1) is 0 Å². The fraction of sp³-hybridized carbons (Fsp3) is 0.455. The highest BCUT2D eigenvalue weighted by molar-refractivity contribution is 6.43. The van der Waals surface area contributed by atoms with E-state index in [2.05, 4.69) is 5.32 Å². The molecule has 2 N–H and O–H groups in total. The number of benzene rings is 1. The van der Waals surface area contributed by atoms with Crippen LogP contribution < -0.4 is 5.32 Å². The summed E-state index contributed by atoms with van der Waals surface area (Å²) in [5.74, 6) is 0. The SMILES string of the molecule is CC(C)(CO)CNc1cccc(Cl)c1Cl. The Balaban J connectivity index is 2.70. The maximum absolute atomic E-state index is 9.10. The van der Waals surface area contributed by atoms with Crippen LogP contribution >= 0.6 is 23.2 Å². The smallest absolute Gasteiger partial charge is 0.0823 e. The molecule has 0 radical (unpaired) electrons. The number of nitrogens with one attached hydrogen (secondary N) is 1. The number of hydrogen-bond donors (Lipinski definition) is 2. The summed E-state index contributed by atoms with van der Waals surface area (Å²) in [5, 5.41) is 13.3. The zero-order chi connectivity index (χ0) is 11.5. The van der Waals surface area contributed by atoms with Crippen LogP contribution in [0.15, 0.2) is 18.2 Å². The lowest BCUT2D eigenvalue weighted by Gasteiger charge is -2.23. The van der Waals surface area contributed by atoms with Crippen LogP contribution in [-0.4, -0.2) is 18.3 Å². The number of anilines is 1. The zero-order valence-electron chi connectivity index (χ0n) is 8.85. The number of aliphatic hydroxyl groups excluding tert-OH is 1.